The quantitative estimate of drug-likeness (QED) is 0.714. The summed E-state index contributed by atoms with van der Waals surface area (Å²) >= 11 is 0. The molecule has 0 radical (unpaired) electrons. The standard InChI is InChI=1S/C10H9FN4O/c11-7-3-1-2-4-8(7)14-10(16)6-5-13-15-9(6)12/h1-5H,(H,14,16)(H3,12,13,15). The van der Waals surface area contributed by atoms with Gasteiger partial charge in [-0.2, -0.15) is 5.10 Å². The number of rotatable bonds is 2. The number of hydrogen-bond acceptors (Lipinski definition) is 3. The summed E-state index contributed by atoms with van der Waals surface area (Å²) in [5.41, 5.74) is 5.75. The first-order valence-corrected chi connectivity index (χ1v) is 4.53. The van der Waals surface area contributed by atoms with E-state index in [1.54, 1.807) is 6.07 Å². The maximum Gasteiger partial charge on any atom is 0.261 e. The number of nitrogens with zero attached hydrogens (tertiary/aromatic N) is 1. The normalized spacial score (nSPS) is 10.1. The molecule has 4 N–H and O–H groups in total. The number of aromatic amines is 1. The first-order valence-electron chi connectivity index (χ1n) is 4.53. The Morgan fingerprint density at radius 1 is 1.44 bits per heavy atom. The molecule has 1 heterocycles. The second kappa shape index (κ2) is 4.01. The molecule has 0 aliphatic rings. The first kappa shape index (κ1) is 10.2. The van der Waals surface area contributed by atoms with Gasteiger partial charge in [0.1, 0.15) is 17.2 Å². The Labute approximate surface area is 90.5 Å². The lowest BCUT2D eigenvalue weighted by molar-refractivity contribution is 0.102. The Bertz CT molecular complexity index is 523. The third-order valence-corrected chi connectivity index (χ3v) is 2.04. The third-order valence-electron chi connectivity index (χ3n) is 2.04. The van der Waals surface area contributed by atoms with Crippen LogP contribution in [0.4, 0.5) is 15.9 Å². The monoisotopic (exact) mass is 220 g/mol. The number of carbonyl (C=O) groups excluding carboxylic acids is 1. The van der Waals surface area contributed by atoms with E-state index in [0.717, 1.165) is 0 Å². The van der Waals surface area contributed by atoms with E-state index in [9.17, 15) is 9.18 Å². The number of nitrogen functional groups attached to an aromatic ring is 1. The van der Waals surface area contributed by atoms with Crippen molar-refractivity contribution in [3.8, 4) is 0 Å². The molecule has 5 nitrogen and oxygen atoms in total. The first-order chi connectivity index (χ1) is 7.68. The highest BCUT2D eigenvalue weighted by molar-refractivity contribution is 6.07. The average Bonchev–Trinajstić information content (AvgIpc) is 2.68. The number of amides is 1. The topological polar surface area (TPSA) is 83.8 Å². The summed E-state index contributed by atoms with van der Waals surface area (Å²) in [5, 5.41) is 8.42. The predicted octanol–water partition coefficient (Wildman–Crippen LogP) is 1.38. The van der Waals surface area contributed by atoms with E-state index in [2.05, 4.69) is 15.5 Å². The minimum Gasteiger partial charge on any atom is -0.383 e. The van der Waals surface area contributed by atoms with Crippen LogP contribution in [-0.4, -0.2) is 16.1 Å². The number of aromatic nitrogens is 2. The van der Waals surface area contributed by atoms with Gasteiger partial charge in [0.15, 0.2) is 0 Å². The van der Waals surface area contributed by atoms with Gasteiger partial charge in [0.05, 0.1) is 11.9 Å². The van der Waals surface area contributed by atoms with Gasteiger partial charge < -0.3 is 11.1 Å². The Hall–Kier alpha value is -2.37. The Morgan fingerprint density at radius 2 is 2.19 bits per heavy atom. The zero-order valence-corrected chi connectivity index (χ0v) is 8.20. The summed E-state index contributed by atoms with van der Waals surface area (Å²) in [6, 6.07) is 5.88. The van der Waals surface area contributed by atoms with Crippen molar-refractivity contribution in [2.24, 2.45) is 0 Å². The number of carbonyl (C=O) groups is 1. The van der Waals surface area contributed by atoms with Crippen LogP contribution in [0.25, 0.3) is 0 Å². The van der Waals surface area contributed by atoms with Crippen molar-refractivity contribution < 1.29 is 9.18 Å². The largest absolute Gasteiger partial charge is 0.383 e. The molecule has 2 aromatic rings. The number of H-pyrrole nitrogens is 1. The fourth-order valence-corrected chi connectivity index (χ4v) is 1.23. The minimum atomic E-state index is -0.503. The molecule has 82 valence electrons. The maximum atomic E-state index is 13.2. The summed E-state index contributed by atoms with van der Waals surface area (Å²) in [5.74, 6) is -0.858. The molecule has 0 fully saturated rings. The molecule has 1 aromatic carbocycles. The van der Waals surface area contributed by atoms with Crippen LogP contribution in [0.3, 0.4) is 0 Å². The number of para-hydroxylation sites is 1. The van der Waals surface area contributed by atoms with E-state index in [0.29, 0.717) is 0 Å². The van der Waals surface area contributed by atoms with E-state index < -0.39 is 11.7 Å². The SMILES string of the molecule is Nc1[nH]ncc1C(=O)Nc1ccccc1F. The highest BCUT2D eigenvalue weighted by Crippen LogP contribution is 2.15. The molecule has 0 atom stereocenters. The molecule has 16 heavy (non-hydrogen) atoms. The smallest absolute Gasteiger partial charge is 0.261 e. The maximum absolute atomic E-state index is 13.2. The zero-order chi connectivity index (χ0) is 11.5. The van der Waals surface area contributed by atoms with Crippen molar-refractivity contribution in [3.05, 3.63) is 41.8 Å². The lowest BCUT2D eigenvalue weighted by atomic mass is 10.2. The molecular formula is C10H9FN4O. The fraction of sp³-hybridized carbons (Fsp3) is 0. The van der Waals surface area contributed by atoms with Crippen molar-refractivity contribution in [2.75, 3.05) is 11.1 Å². The van der Waals surface area contributed by atoms with Crippen LogP contribution in [0.1, 0.15) is 10.4 Å². The van der Waals surface area contributed by atoms with Crippen molar-refractivity contribution in [1.82, 2.24) is 10.2 Å². The van der Waals surface area contributed by atoms with E-state index >= 15 is 0 Å². The number of nitrogens with two attached hydrogens (primary N) is 1. The van der Waals surface area contributed by atoms with Crippen LogP contribution in [0, 0.1) is 5.82 Å². The van der Waals surface area contributed by atoms with E-state index in [1.807, 2.05) is 0 Å². The lowest BCUT2D eigenvalue weighted by Gasteiger charge is -2.04. The molecule has 0 bridgehead atoms. The molecule has 0 spiro atoms. The van der Waals surface area contributed by atoms with Crippen molar-refractivity contribution >= 4 is 17.4 Å². The van der Waals surface area contributed by atoms with Gasteiger partial charge in [-0.25, -0.2) is 4.39 Å². The molecule has 2 rings (SSSR count). The lowest BCUT2D eigenvalue weighted by Crippen LogP contribution is -2.13. The summed E-state index contributed by atoms with van der Waals surface area (Å²) in [6.07, 6.45) is 1.28. The van der Waals surface area contributed by atoms with Crippen LogP contribution in [0.15, 0.2) is 30.5 Å². The average molecular weight is 220 g/mol. The van der Waals surface area contributed by atoms with Gasteiger partial charge in [-0.15, -0.1) is 0 Å². The molecule has 0 unspecified atom stereocenters. The van der Waals surface area contributed by atoms with E-state index in [-0.39, 0.29) is 17.1 Å². The summed E-state index contributed by atoms with van der Waals surface area (Å²) in [7, 11) is 0. The number of hydrogen-bond donors (Lipinski definition) is 3. The van der Waals surface area contributed by atoms with Crippen LogP contribution in [0.5, 0.6) is 0 Å². The molecule has 6 heteroatoms. The molecule has 1 amide bonds. The van der Waals surface area contributed by atoms with E-state index in [1.165, 1.54) is 24.4 Å². The molecular weight excluding hydrogens is 211 g/mol. The highest BCUT2D eigenvalue weighted by atomic mass is 19.1. The summed E-state index contributed by atoms with van der Waals surface area (Å²) < 4.78 is 13.2. The van der Waals surface area contributed by atoms with Crippen LogP contribution >= 0.6 is 0 Å². The van der Waals surface area contributed by atoms with Gasteiger partial charge in [-0.1, -0.05) is 12.1 Å². The minimum absolute atomic E-state index is 0.105. The van der Waals surface area contributed by atoms with Gasteiger partial charge in [0.2, 0.25) is 0 Å². The zero-order valence-electron chi connectivity index (χ0n) is 8.20. The highest BCUT2D eigenvalue weighted by Gasteiger charge is 2.13. The summed E-state index contributed by atoms with van der Waals surface area (Å²) in [4.78, 5) is 11.6. The second-order valence-electron chi connectivity index (χ2n) is 3.13. The van der Waals surface area contributed by atoms with Crippen LogP contribution in [0.2, 0.25) is 0 Å². The number of halogens is 1. The van der Waals surface area contributed by atoms with Crippen LogP contribution in [-0.2, 0) is 0 Å². The predicted molar refractivity (Wildman–Crippen MR) is 57.4 cm³/mol. The van der Waals surface area contributed by atoms with E-state index in [4.69, 9.17) is 5.73 Å². The van der Waals surface area contributed by atoms with Gasteiger partial charge in [0.25, 0.3) is 5.91 Å². The number of benzene rings is 1. The Kier molecular flexibility index (Phi) is 2.55. The van der Waals surface area contributed by atoms with Gasteiger partial charge in [-0.05, 0) is 12.1 Å². The molecule has 1 aromatic heterocycles. The molecule has 0 aliphatic carbocycles. The Morgan fingerprint density at radius 3 is 2.81 bits per heavy atom. The molecule has 0 saturated heterocycles. The van der Waals surface area contributed by atoms with Crippen LogP contribution < -0.4 is 11.1 Å². The Balaban J connectivity index is 2.21. The third kappa shape index (κ3) is 1.85. The molecule has 0 aliphatic heterocycles. The number of nitrogens with one attached hydrogen (secondary N) is 2. The van der Waals surface area contributed by atoms with Gasteiger partial charge in [0, 0.05) is 0 Å². The molecule has 0 saturated carbocycles. The fourth-order valence-electron chi connectivity index (χ4n) is 1.23. The van der Waals surface area contributed by atoms with Gasteiger partial charge in [-0.3, -0.25) is 9.89 Å². The second-order valence-corrected chi connectivity index (χ2v) is 3.13. The number of anilines is 2. The van der Waals surface area contributed by atoms with Crippen molar-refractivity contribution in [1.29, 1.82) is 0 Å². The van der Waals surface area contributed by atoms with Crippen molar-refractivity contribution in [2.45, 2.75) is 0 Å². The summed E-state index contributed by atoms with van der Waals surface area (Å²) in [6.45, 7) is 0. The van der Waals surface area contributed by atoms with Gasteiger partial charge >= 0.3 is 0 Å². The van der Waals surface area contributed by atoms with Crippen molar-refractivity contribution in [3.63, 3.8) is 0 Å².